The van der Waals surface area contributed by atoms with Crippen molar-refractivity contribution in [3.63, 3.8) is 0 Å². The van der Waals surface area contributed by atoms with Gasteiger partial charge < -0.3 is 20.0 Å². The van der Waals surface area contributed by atoms with Crippen LogP contribution in [0.3, 0.4) is 0 Å². The molecule has 1 saturated heterocycles. The Morgan fingerprint density at radius 2 is 1.62 bits per heavy atom. The monoisotopic (exact) mass is 500 g/mol. The number of rotatable bonds is 5. The number of carboxylic acids is 2. The molecule has 1 aromatic carbocycles. The molecular formula is C20H26F6N4O4. The molecule has 1 fully saturated rings. The minimum Gasteiger partial charge on any atom is -0.475 e. The van der Waals surface area contributed by atoms with Gasteiger partial charge in [0.05, 0.1) is 18.3 Å². The predicted octanol–water partition coefficient (Wildman–Crippen LogP) is 3.33. The van der Waals surface area contributed by atoms with Crippen LogP contribution in [-0.4, -0.2) is 93.9 Å². The van der Waals surface area contributed by atoms with Gasteiger partial charge in [0.2, 0.25) is 0 Å². The molecule has 1 unspecified atom stereocenters. The number of halogens is 6. The predicted molar refractivity (Wildman–Crippen MR) is 110 cm³/mol. The summed E-state index contributed by atoms with van der Waals surface area (Å²) in [5, 5.41) is 20.0. The van der Waals surface area contributed by atoms with E-state index in [-0.39, 0.29) is 0 Å². The van der Waals surface area contributed by atoms with E-state index >= 15 is 0 Å². The minimum absolute atomic E-state index is 0.731. The quantitative estimate of drug-likeness (QED) is 0.608. The van der Waals surface area contributed by atoms with Gasteiger partial charge in [-0.1, -0.05) is 18.2 Å². The molecule has 2 N–H and O–H groups in total. The van der Waals surface area contributed by atoms with Gasteiger partial charge in [0.1, 0.15) is 0 Å². The van der Waals surface area contributed by atoms with Gasteiger partial charge in [0, 0.05) is 24.5 Å². The van der Waals surface area contributed by atoms with Crippen molar-refractivity contribution in [2.24, 2.45) is 0 Å². The van der Waals surface area contributed by atoms with Crippen LogP contribution in [-0.2, 0) is 16.1 Å². The highest BCUT2D eigenvalue weighted by molar-refractivity contribution is 5.78. The number of aliphatic carboxylic acids is 2. The summed E-state index contributed by atoms with van der Waals surface area (Å²) in [7, 11) is 4.46. The van der Waals surface area contributed by atoms with E-state index in [1.165, 1.54) is 30.3 Å². The van der Waals surface area contributed by atoms with Crippen LogP contribution in [0, 0.1) is 0 Å². The average molecular weight is 500 g/mol. The van der Waals surface area contributed by atoms with Gasteiger partial charge in [-0.05, 0) is 39.5 Å². The molecule has 2 heterocycles. The van der Waals surface area contributed by atoms with Crippen molar-refractivity contribution in [2.75, 3.05) is 33.7 Å². The average Bonchev–Trinajstić information content (AvgIpc) is 3.32. The number of aromatic nitrogens is 2. The summed E-state index contributed by atoms with van der Waals surface area (Å²) in [6.45, 7) is 4.43. The second kappa shape index (κ2) is 12.6. The molecule has 192 valence electrons. The number of para-hydroxylation sites is 1. The molecular weight excluding hydrogens is 474 g/mol. The van der Waals surface area contributed by atoms with Gasteiger partial charge >= 0.3 is 24.3 Å². The molecule has 0 spiro atoms. The van der Waals surface area contributed by atoms with Crippen LogP contribution in [0.2, 0.25) is 0 Å². The van der Waals surface area contributed by atoms with Gasteiger partial charge in [0.15, 0.2) is 0 Å². The van der Waals surface area contributed by atoms with Crippen molar-refractivity contribution in [1.82, 2.24) is 19.6 Å². The molecule has 34 heavy (non-hydrogen) atoms. The highest BCUT2D eigenvalue weighted by atomic mass is 19.4. The zero-order valence-electron chi connectivity index (χ0n) is 18.5. The van der Waals surface area contributed by atoms with Crippen molar-refractivity contribution in [2.45, 2.75) is 37.8 Å². The zero-order chi connectivity index (χ0) is 26.1. The molecule has 14 heteroatoms. The Hall–Kier alpha value is -2.87. The van der Waals surface area contributed by atoms with E-state index in [9.17, 15) is 26.3 Å². The maximum atomic E-state index is 10.6. The molecule has 0 radical (unpaired) electrons. The van der Waals surface area contributed by atoms with Crippen LogP contribution in [0.4, 0.5) is 26.3 Å². The number of hydrogen-bond acceptors (Lipinski definition) is 5. The summed E-state index contributed by atoms with van der Waals surface area (Å²) in [6.07, 6.45) is -5.52. The standard InChI is InChI=1S/C16H24N4.2C2HF3O2/c1-18(13-15-7-5-9-19(15)2)10-11-20-16-8-4-3-6-14(16)12-17-20;2*3-2(4,5)1(6)7/h3-4,6,8,12,15H,5,7,9-11,13H2,1-2H3;2*(H,6,7). The number of likely N-dealkylation sites (N-methyl/N-ethyl adjacent to an activating group) is 2. The fourth-order valence-electron chi connectivity index (χ4n) is 3.13. The molecule has 0 bridgehead atoms. The fourth-order valence-corrected chi connectivity index (χ4v) is 3.13. The zero-order valence-corrected chi connectivity index (χ0v) is 18.5. The fraction of sp³-hybridized carbons (Fsp3) is 0.550. The van der Waals surface area contributed by atoms with E-state index in [0.29, 0.717) is 0 Å². The summed E-state index contributed by atoms with van der Waals surface area (Å²) < 4.78 is 65.6. The molecule has 1 aliphatic rings. The van der Waals surface area contributed by atoms with Crippen LogP contribution in [0.1, 0.15) is 12.8 Å². The van der Waals surface area contributed by atoms with Gasteiger partial charge in [-0.15, -0.1) is 0 Å². The lowest BCUT2D eigenvalue weighted by molar-refractivity contribution is -0.193. The first kappa shape index (κ1) is 29.2. The molecule has 1 aromatic heterocycles. The number of likely N-dealkylation sites (tertiary alicyclic amines) is 1. The molecule has 0 saturated carbocycles. The van der Waals surface area contributed by atoms with Crippen molar-refractivity contribution in [3.8, 4) is 0 Å². The number of hydrogen-bond donors (Lipinski definition) is 2. The highest BCUT2D eigenvalue weighted by Gasteiger charge is 2.38. The van der Waals surface area contributed by atoms with Gasteiger partial charge in [-0.2, -0.15) is 31.4 Å². The third-order valence-electron chi connectivity index (χ3n) is 4.92. The third-order valence-corrected chi connectivity index (χ3v) is 4.92. The van der Waals surface area contributed by atoms with Gasteiger partial charge in [-0.25, -0.2) is 9.59 Å². The molecule has 0 aliphatic carbocycles. The lowest BCUT2D eigenvalue weighted by Gasteiger charge is -2.25. The number of carbonyl (C=O) groups is 2. The first-order valence-electron chi connectivity index (χ1n) is 10.0. The Kier molecular flexibility index (Phi) is 10.8. The van der Waals surface area contributed by atoms with E-state index < -0.39 is 24.3 Å². The molecule has 3 rings (SSSR count). The van der Waals surface area contributed by atoms with E-state index in [4.69, 9.17) is 19.8 Å². The number of fused-ring (bicyclic) bond motifs is 1. The maximum absolute atomic E-state index is 10.6. The summed E-state index contributed by atoms with van der Waals surface area (Å²) in [5.74, 6) is -5.51. The largest absolute Gasteiger partial charge is 0.490 e. The van der Waals surface area contributed by atoms with Crippen LogP contribution in [0.15, 0.2) is 30.5 Å². The second-order valence-electron chi connectivity index (χ2n) is 7.57. The third kappa shape index (κ3) is 9.95. The Bertz CT molecular complexity index is 908. The summed E-state index contributed by atoms with van der Waals surface area (Å²) >= 11 is 0. The Labute approximate surface area is 191 Å². The SMILES string of the molecule is CN(CCn1ncc2ccccc21)CC1CCCN1C.O=C(O)C(F)(F)F.O=C(O)C(F)(F)F. The topological polar surface area (TPSA) is 98.9 Å². The Morgan fingerprint density at radius 3 is 2.09 bits per heavy atom. The minimum atomic E-state index is -5.08. The highest BCUT2D eigenvalue weighted by Crippen LogP contribution is 2.16. The first-order chi connectivity index (χ1) is 15.6. The van der Waals surface area contributed by atoms with E-state index in [0.717, 1.165) is 25.7 Å². The van der Waals surface area contributed by atoms with Gasteiger partial charge in [-0.3, -0.25) is 4.68 Å². The van der Waals surface area contributed by atoms with Crippen molar-refractivity contribution >= 4 is 22.8 Å². The van der Waals surface area contributed by atoms with Crippen LogP contribution < -0.4 is 0 Å². The maximum Gasteiger partial charge on any atom is 0.490 e. The smallest absolute Gasteiger partial charge is 0.475 e. The number of benzene rings is 1. The number of nitrogens with zero attached hydrogens (tertiary/aromatic N) is 4. The molecule has 2 aromatic rings. The van der Waals surface area contributed by atoms with E-state index in [1.54, 1.807) is 0 Å². The Balaban J connectivity index is 0.000000343. The summed E-state index contributed by atoms with van der Waals surface area (Å²) in [4.78, 5) is 22.7. The molecule has 0 amide bonds. The van der Waals surface area contributed by atoms with E-state index in [1.807, 2.05) is 6.20 Å². The van der Waals surface area contributed by atoms with E-state index in [2.05, 4.69) is 57.9 Å². The molecule has 8 nitrogen and oxygen atoms in total. The molecule has 1 atom stereocenters. The van der Waals surface area contributed by atoms with Crippen LogP contribution in [0.25, 0.3) is 10.9 Å². The second-order valence-corrected chi connectivity index (χ2v) is 7.57. The van der Waals surface area contributed by atoms with Crippen molar-refractivity contribution < 1.29 is 46.1 Å². The lowest BCUT2D eigenvalue weighted by Crippen LogP contribution is -2.37. The van der Waals surface area contributed by atoms with Gasteiger partial charge in [0.25, 0.3) is 0 Å². The Morgan fingerprint density at radius 1 is 1.09 bits per heavy atom. The number of carboxylic acid groups (broad SMARTS) is 2. The molecule has 1 aliphatic heterocycles. The first-order valence-corrected chi connectivity index (χ1v) is 10.0. The summed E-state index contributed by atoms with van der Waals surface area (Å²) in [5.41, 5.74) is 1.24. The summed E-state index contributed by atoms with van der Waals surface area (Å²) in [6, 6.07) is 9.14. The van der Waals surface area contributed by atoms with Crippen LogP contribution >= 0.6 is 0 Å². The van der Waals surface area contributed by atoms with Crippen molar-refractivity contribution in [3.05, 3.63) is 30.5 Å². The normalized spacial score (nSPS) is 16.6. The van der Waals surface area contributed by atoms with Crippen LogP contribution in [0.5, 0.6) is 0 Å². The number of alkyl halides is 6. The van der Waals surface area contributed by atoms with Crippen molar-refractivity contribution in [1.29, 1.82) is 0 Å². The lowest BCUT2D eigenvalue weighted by atomic mass is 10.2.